The van der Waals surface area contributed by atoms with Crippen molar-refractivity contribution in [1.29, 1.82) is 0 Å². The molecule has 0 saturated carbocycles. The molecule has 0 spiro atoms. The SMILES string of the molecule is O=C(Nc1cccc(S)c1)[C@H]1CCCCN1. The molecular weight excluding hydrogens is 220 g/mol. The molecule has 1 aliphatic heterocycles. The third-order valence-corrected chi connectivity index (χ3v) is 3.02. The number of carbonyl (C=O) groups excluding carboxylic acids is 1. The van der Waals surface area contributed by atoms with E-state index in [1.165, 1.54) is 0 Å². The summed E-state index contributed by atoms with van der Waals surface area (Å²) in [5, 5.41) is 6.12. The Labute approximate surface area is 101 Å². The molecule has 0 unspecified atom stereocenters. The number of thiol groups is 1. The number of anilines is 1. The van der Waals surface area contributed by atoms with E-state index < -0.39 is 0 Å². The third-order valence-electron chi connectivity index (χ3n) is 2.74. The molecular formula is C12H16N2OS. The van der Waals surface area contributed by atoms with E-state index in [-0.39, 0.29) is 11.9 Å². The summed E-state index contributed by atoms with van der Waals surface area (Å²) in [6, 6.07) is 7.45. The van der Waals surface area contributed by atoms with Gasteiger partial charge in [-0.2, -0.15) is 0 Å². The molecule has 0 bridgehead atoms. The van der Waals surface area contributed by atoms with Crippen LogP contribution in [0.15, 0.2) is 29.2 Å². The fraction of sp³-hybridized carbons (Fsp3) is 0.417. The lowest BCUT2D eigenvalue weighted by Gasteiger charge is -2.22. The number of amides is 1. The first-order chi connectivity index (χ1) is 7.75. The molecule has 1 aromatic carbocycles. The maximum Gasteiger partial charge on any atom is 0.241 e. The lowest BCUT2D eigenvalue weighted by Crippen LogP contribution is -2.43. The van der Waals surface area contributed by atoms with Crippen LogP contribution in [0, 0.1) is 0 Å². The van der Waals surface area contributed by atoms with E-state index >= 15 is 0 Å². The van der Waals surface area contributed by atoms with Crippen molar-refractivity contribution in [3.63, 3.8) is 0 Å². The average Bonchev–Trinajstić information content (AvgIpc) is 2.30. The first-order valence-electron chi connectivity index (χ1n) is 5.59. The fourth-order valence-electron chi connectivity index (χ4n) is 1.89. The van der Waals surface area contributed by atoms with Gasteiger partial charge in [-0.25, -0.2) is 0 Å². The minimum absolute atomic E-state index is 0.0441. The minimum Gasteiger partial charge on any atom is -0.325 e. The van der Waals surface area contributed by atoms with E-state index in [9.17, 15) is 4.79 Å². The average molecular weight is 236 g/mol. The van der Waals surface area contributed by atoms with E-state index in [0.717, 1.165) is 36.4 Å². The second-order valence-electron chi connectivity index (χ2n) is 4.04. The van der Waals surface area contributed by atoms with Crippen LogP contribution in [0.1, 0.15) is 19.3 Å². The summed E-state index contributed by atoms with van der Waals surface area (Å²) in [4.78, 5) is 12.7. The summed E-state index contributed by atoms with van der Waals surface area (Å²) in [6.07, 6.45) is 3.21. The second kappa shape index (κ2) is 5.37. The molecule has 0 radical (unpaired) electrons. The molecule has 0 aromatic heterocycles. The molecule has 2 N–H and O–H groups in total. The van der Waals surface area contributed by atoms with Gasteiger partial charge in [0.25, 0.3) is 0 Å². The van der Waals surface area contributed by atoms with Gasteiger partial charge < -0.3 is 10.6 Å². The van der Waals surface area contributed by atoms with Gasteiger partial charge in [0.1, 0.15) is 0 Å². The smallest absolute Gasteiger partial charge is 0.241 e. The Kier molecular flexibility index (Phi) is 3.85. The van der Waals surface area contributed by atoms with Crippen LogP contribution in [0.3, 0.4) is 0 Å². The highest BCUT2D eigenvalue weighted by Gasteiger charge is 2.20. The van der Waals surface area contributed by atoms with Gasteiger partial charge in [-0.3, -0.25) is 4.79 Å². The molecule has 16 heavy (non-hydrogen) atoms. The standard InChI is InChI=1S/C12H16N2OS/c15-12(11-6-1-2-7-13-11)14-9-4-3-5-10(16)8-9/h3-5,8,11,13,16H,1-2,6-7H2,(H,14,15)/t11-/m1/s1. The quantitative estimate of drug-likeness (QED) is 0.688. The number of nitrogens with one attached hydrogen (secondary N) is 2. The zero-order valence-electron chi connectivity index (χ0n) is 9.07. The van der Waals surface area contributed by atoms with Gasteiger partial charge in [0.15, 0.2) is 0 Å². The fourth-order valence-corrected chi connectivity index (χ4v) is 2.11. The molecule has 1 aliphatic rings. The minimum atomic E-state index is -0.0441. The molecule has 86 valence electrons. The first kappa shape index (κ1) is 11.5. The molecule has 4 heteroatoms. The Balaban J connectivity index is 1.96. The van der Waals surface area contributed by atoms with Gasteiger partial charge in [-0.15, -0.1) is 12.6 Å². The number of benzene rings is 1. The third kappa shape index (κ3) is 3.00. The van der Waals surface area contributed by atoms with Gasteiger partial charge in [0, 0.05) is 10.6 Å². The van der Waals surface area contributed by atoms with Crippen LogP contribution in [-0.2, 0) is 4.79 Å². The van der Waals surface area contributed by atoms with Crippen molar-refractivity contribution < 1.29 is 4.79 Å². The van der Waals surface area contributed by atoms with E-state index in [1.807, 2.05) is 24.3 Å². The van der Waals surface area contributed by atoms with Crippen molar-refractivity contribution >= 4 is 24.2 Å². The summed E-state index contributed by atoms with van der Waals surface area (Å²) in [7, 11) is 0. The normalized spacial score (nSPS) is 20.4. The Morgan fingerprint density at radius 2 is 2.31 bits per heavy atom. The topological polar surface area (TPSA) is 41.1 Å². The summed E-state index contributed by atoms with van der Waals surface area (Å²) in [6.45, 7) is 0.935. The predicted octanol–water partition coefficient (Wildman–Crippen LogP) is 2.06. The predicted molar refractivity (Wildman–Crippen MR) is 68.0 cm³/mol. The molecule has 1 fully saturated rings. The first-order valence-corrected chi connectivity index (χ1v) is 6.04. The molecule has 1 aromatic rings. The van der Waals surface area contributed by atoms with Crippen molar-refractivity contribution in [2.75, 3.05) is 11.9 Å². The largest absolute Gasteiger partial charge is 0.325 e. The number of rotatable bonds is 2. The highest BCUT2D eigenvalue weighted by molar-refractivity contribution is 7.80. The summed E-state index contributed by atoms with van der Waals surface area (Å²) in [5.41, 5.74) is 0.810. The molecule has 1 saturated heterocycles. The van der Waals surface area contributed by atoms with E-state index in [1.54, 1.807) is 0 Å². The van der Waals surface area contributed by atoms with Crippen LogP contribution < -0.4 is 10.6 Å². The van der Waals surface area contributed by atoms with Crippen molar-refractivity contribution in [3.8, 4) is 0 Å². The van der Waals surface area contributed by atoms with Crippen molar-refractivity contribution in [2.24, 2.45) is 0 Å². The molecule has 1 amide bonds. The van der Waals surface area contributed by atoms with E-state index in [2.05, 4.69) is 23.3 Å². The van der Waals surface area contributed by atoms with Gasteiger partial charge in [-0.05, 0) is 37.6 Å². The summed E-state index contributed by atoms with van der Waals surface area (Å²) >= 11 is 4.24. The van der Waals surface area contributed by atoms with Gasteiger partial charge in [-0.1, -0.05) is 12.5 Å². The maximum atomic E-state index is 11.9. The van der Waals surface area contributed by atoms with Gasteiger partial charge >= 0.3 is 0 Å². The van der Waals surface area contributed by atoms with Crippen LogP contribution in [0.2, 0.25) is 0 Å². The molecule has 1 heterocycles. The van der Waals surface area contributed by atoms with Crippen LogP contribution >= 0.6 is 12.6 Å². The second-order valence-corrected chi connectivity index (χ2v) is 4.56. The highest BCUT2D eigenvalue weighted by Crippen LogP contribution is 2.15. The number of piperidine rings is 1. The van der Waals surface area contributed by atoms with Crippen LogP contribution in [-0.4, -0.2) is 18.5 Å². The van der Waals surface area contributed by atoms with Crippen molar-refractivity contribution in [3.05, 3.63) is 24.3 Å². The van der Waals surface area contributed by atoms with E-state index in [0.29, 0.717) is 0 Å². The Hall–Kier alpha value is -1.00. The number of hydrogen-bond acceptors (Lipinski definition) is 3. The zero-order chi connectivity index (χ0) is 11.4. The lowest BCUT2D eigenvalue weighted by molar-refractivity contribution is -0.118. The Morgan fingerprint density at radius 1 is 1.44 bits per heavy atom. The number of carbonyl (C=O) groups is 1. The van der Waals surface area contributed by atoms with Gasteiger partial charge in [0.05, 0.1) is 6.04 Å². The Morgan fingerprint density at radius 3 is 3.00 bits per heavy atom. The summed E-state index contributed by atoms with van der Waals surface area (Å²) in [5.74, 6) is 0.0543. The number of hydrogen-bond donors (Lipinski definition) is 3. The highest BCUT2D eigenvalue weighted by atomic mass is 32.1. The van der Waals surface area contributed by atoms with E-state index in [4.69, 9.17) is 0 Å². The lowest BCUT2D eigenvalue weighted by atomic mass is 10.0. The summed E-state index contributed by atoms with van der Waals surface area (Å²) < 4.78 is 0. The van der Waals surface area contributed by atoms with Gasteiger partial charge in [0.2, 0.25) is 5.91 Å². The van der Waals surface area contributed by atoms with Crippen molar-refractivity contribution in [2.45, 2.75) is 30.2 Å². The molecule has 1 atom stereocenters. The van der Waals surface area contributed by atoms with Crippen LogP contribution in [0.4, 0.5) is 5.69 Å². The maximum absolute atomic E-state index is 11.9. The van der Waals surface area contributed by atoms with Crippen LogP contribution in [0.5, 0.6) is 0 Å². The molecule has 2 rings (SSSR count). The Bertz CT molecular complexity index is 375. The van der Waals surface area contributed by atoms with Crippen molar-refractivity contribution in [1.82, 2.24) is 5.32 Å². The monoisotopic (exact) mass is 236 g/mol. The van der Waals surface area contributed by atoms with Crippen LogP contribution in [0.25, 0.3) is 0 Å². The zero-order valence-corrected chi connectivity index (χ0v) is 9.97. The molecule has 0 aliphatic carbocycles. The molecule has 3 nitrogen and oxygen atoms in total.